The van der Waals surface area contributed by atoms with E-state index in [1.807, 2.05) is 0 Å². The Labute approximate surface area is 148 Å². The predicted molar refractivity (Wildman–Crippen MR) is 100 cm³/mol. The summed E-state index contributed by atoms with van der Waals surface area (Å²) in [6.07, 6.45) is 0. The van der Waals surface area contributed by atoms with Crippen molar-refractivity contribution in [2.24, 2.45) is 0 Å². The van der Waals surface area contributed by atoms with Crippen molar-refractivity contribution < 1.29 is 13.2 Å². The van der Waals surface area contributed by atoms with Crippen LogP contribution in [-0.2, 0) is 10.0 Å². The van der Waals surface area contributed by atoms with E-state index in [9.17, 15) is 13.2 Å². The number of aryl methyl sites for hydroxylation is 1. The zero-order valence-electron chi connectivity index (χ0n) is 14.8. The monoisotopic (exact) mass is 361 g/mol. The van der Waals surface area contributed by atoms with Crippen molar-refractivity contribution in [1.29, 1.82) is 0 Å². The smallest absolute Gasteiger partial charge is 0.255 e. The first-order chi connectivity index (χ1) is 11.5. The number of carbonyl (C=O) groups excluding carboxylic acids is 1. The molecule has 0 aromatic heterocycles. The Balaban J connectivity index is 2.31. The number of nitrogens with one attached hydrogen (secondary N) is 2. The minimum atomic E-state index is -3.70. The van der Waals surface area contributed by atoms with Crippen LogP contribution in [-0.4, -0.2) is 19.9 Å². The topological polar surface area (TPSA) is 101 Å². The van der Waals surface area contributed by atoms with Gasteiger partial charge < -0.3 is 11.1 Å². The van der Waals surface area contributed by atoms with Crippen LogP contribution < -0.4 is 15.8 Å². The molecule has 0 saturated carbocycles. The highest BCUT2D eigenvalue weighted by Crippen LogP contribution is 2.22. The zero-order chi connectivity index (χ0) is 18.8. The maximum Gasteiger partial charge on any atom is 0.255 e. The molecule has 0 saturated heterocycles. The first kappa shape index (κ1) is 19.0. The minimum Gasteiger partial charge on any atom is -0.399 e. The van der Waals surface area contributed by atoms with Crippen molar-refractivity contribution >= 4 is 27.3 Å². The molecule has 0 atom stereocenters. The van der Waals surface area contributed by atoms with Gasteiger partial charge in [-0.05, 0) is 63.6 Å². The molecule has 0 aliphatic carbocycles. The van der Waals surface area contributed by atoms with Crippen molar-refractivity contribution in [3.8, 4) is 0 Å². The standard InChI is InChI=1S/C18H23N3O3S/c1-12-8-9-15(11-16(12)25(23,24)21-18(2,3)4)20-17(22)13-6-5-7-14(19)10-13/h5-11,21H,19H2,1-4H3,(H,20,22). The van der Waals surface area contributed by atoms with E-state index in [-0.39, 0.29) is 10.8 Å². The van der Waals surface area contributed by atoms with E-state index in [2.05, 4.69) is 10.0 Å². The Morgan fingerprint density at radius 1 is 1.08 bits per heavy atom. The molecular formula is C18H23N3O3S. The van der Waals surface area contributed by atoms with Gasteiger partial charge in [-0.1, -0.05) is 12.1 Å². The molecule has 0 radical (unpaired) electrons. The third kappa shape index (κ3) is 5.04. The number of anilines is 2. The first-order valence-electron chi connectivity index (χ1n) is 7.79. The van der Waals surface area contributed by atoms with Crippen LogP contribution in [0, 0.1) is 6.92 Å². The summed E-state index contributed by atoms with van der Waals surface area (Å²) in [5, 5.41) is 2.70. The number of nitrogens with two attached hydrogens (primary N) is 1. The molecule has 0 aliphatic heterocycles. The Hall–Kier alpha value is -2.38. The largest absolute Gasteiger partial charge is 0.399 e. The fourth-order valence-electron chi connectivity index (χ4n) is 2.31. The maximum atomic E-state index is 12.6. The van der Waals surface area contributed by atoms with Gasteiger partial charge in [0, 0.05) is 22.5 Å². The molecule has 7 heteroatoms. The molecule has 2 aromatic rings. The van der Waals surface area contributed by atoms with Crippen LogP contribution in [0.3, 0.4) is 0 Å². The summed E-state index contributed by atoms with van der Waals surface area (Å²) in [6.45, 7) is 7.02. The van der Waals surface area contributed by atoms with Crippen molar-refractivity contribution in [2.75, 3.05) is 11.1 Å². The van der Waals surface area contributed by atoms with E-state index in [0.29, 0.717) is 22.5 Å². The number of hydrogen-bond donors (Lipinski definition) is 3. The molecule has 0 heterocycles. The lowest BCUT2D eigenvalue weighted by Crippen LogP contribution is -2.40. The molecule has 134 valence electrons. The summed E-state index contributed by atoms with van der Waals surface area (Å²) in [4.78, 5) is 12.4. The average Bonchev–Trinajstić information content (AvgIpc) is 2.46. The highest BCUT2D eigenvalue weighted by Gasteiger charge is 2.24. The number of rotatable bonds is 4. The number of benzene rings is 2. The van der Waals surface area contributed by atoms with Gasteiger partial charge in [-0.15, -0.1) is 0 Å². The third-order valence-electron chi connectivity index (χ3n) is 3.32. The molecular weight excluding hydrogens is 338 g/mol. The quantitative estimate of drug-likeness (QED) is 0.729. The van der Waals surface area contributed by atoms with Gasteiger partial charge in [0.25, 0.3) is 5.91 Å². The van der Waals surface area contributed by atoms with Gasteiger partial charge in [-0.2, -0.15) is 0 Å². The Bertz CT molecular complexity index is 900. The summed E-state index contributed by atoms with van der Waals surface area (Å²) in [5.74, 6) is -0.358. The summed E-state index contributed by atoms with van der Waals surface area (Å²) in [6, 6.07) is 11.3. The van der Waals surface area contributed by atoms with E-state index in [1.165, 1.54) is 6.07 Å². The molecule has 0 unspecified atom stereocenters. The number of sulfonamides is 1. The molecule has 0 fully saturated rings. The molecule has 6 nitrogen and oxygen atoms in total. The van der Waals surface area contributed by atoms with Gasteiger partial charge in [-0.25, -0.2) is 13.1 Å². The van der Waals surface area contributed by atoms with Gasteiger partial charge in [0.05, 0.1) is 4.90 Å². The van der Waals surface area contributed by atoms with Gasteiger partial charge >= 0.3 is 0 Å². The van der Waals surface area contributed by atoms with Crippen LogP contribution in [0.2, 0.25) is 0 Å². The molecule has 0 aliphatic rings. The number of carbonyl (C=O) groups is 1. The van der Waals surface area contributed by atoms with Crippen molar-refractivity contribution in [3.63, 3.8) is 0 Å². The van der Waals surface area contributed by atoms with Crippen LogP contribution in [0.1, 0.15) is 36.7 Å². The minimum absolute atomic E-state index is 0.132. The van der Waals surface area contributed by atoms with E-state index in [0.717, 1.165) is 0 Å². The molecule has 1 amide bonds. The summed E-state index contributed by atoms with van der Waals surface area (Å²) < 4.78 is 27.8. The van der Waals surface area contributed by atoms with Gasteiger partial charge in [0.15, 0.2) is 0 Å². The van der Waals surface area contributed by atoms with Crippen LogP contribution in [0.4, 0.5) is 11.4 Å². The summed E-state index contributed by atoms with van der Waals surface area (Å²) >= 11 is 0. The number of hydrogen-bond acceptors (Lipinski definition) is 4. The van der Waals surface area contributed by atoms with E-state index < -0.39 is 15.6 Å². The van der Waals surface area contributed by atoms with Crippen LogP contribution >= 0.6 is 0 Å². The van der Waals surface area contributed by atoms with E-state index in [4.69, 9.17) is 5.73 Å². The molecule has 4 N–H and O–H groups in total. The van der Waals surface area contributed by atoms with Crippen molar-refractivity contribution in [2.45, 2.75) is 38.1 Å². The highest BCUT2D eigenvalue weighted by atomic mass is 32.2. The van der Waals surface area contributed by atoms with Gasteiger partial charge in [-0.3, -0.25) is 4.79 Å². The molecule has 2 rings (SSSR count). The van der Waals surface area contributed by atoms with Gasteiger partial charge in [0.1, 0.15) is 0 Å². The second-order valence-corrected chi connectivity index (χ2v) is 8.57. The second-order valence-electron chi connectivity index (χ2n) is 6.92. The fourth-order valence-corrected chi connectivity index (χ4v) is 4.00. The van der Waals surface area contributed by atoms with Crippen molar-refractivity contribution in [1.82, 2.24) is 4.72 Å². The van der Waals surface area contributed by atoms with Gasteiger partial charge in [0.2, 0.25) is 10.0 Å². The lowest BCUT2D eigenvalue weighted by molar-refractivity contribution is 0.102. The highest BCUT2D eigenvalue weighted by molar-refractivity contribution is 7.89. The van der Waals surface area contributed by atoms with E-state index in [1.54, 1.807) is 64.1 Å². The number of amides is 1. The lowest BCUT2D eigenvalue weighted by atomic mass is 10.1. The zero-order valence-corrected chi connectivity index (χ0v) is 15.6. The second kappa shape index (κ2) is 6.85. The summed E-state index contributed by atoms with van der Waals surface area (Å²) in [5.41, 5.74) is 6.95. The Morgan fingerprint density at radius 2 is 1.76 bits per heavy atom. The average molecular weight is 361 g/mol. The predicted octanol–water partition coefficient (Wildman–Crippen LogP) is 2.91. The molecule has 2 aromatic carbocycles. The molecule has 0 bridgehead atoms. The Kier molecular flexibility index (Phi) is 5.20. The Morgan fingerprint density at radius 3 is 2.36 bits per heavy atom. The van der Waals surface area contributed by atoms with Crippen molar-refractivity contribution in [3.05, 3.63) is 53.6 Å². The summed E-state index contributed by atoms with van der Waals surface area (Å²) in [7, 11) is -3.70. The van der Waals surface area contributed by atoms with Crippen LogP contribution in [0.25, 0.3) is 0 Å². The van der Waals surface area contributed by atoms with Crippen LogP contribution in [0.5, 0.6) is 0 Å². The number of nitrogen functional groups attached to an aromatic ring is 1. The molecule has 25 heavy (non-hydrogen) atoms. The SMILES string of the molecule is Cc1ccc(NC(=O)c2cccc(N)c2)cc1S(=O)(=O)NC(C)(C)C. The third-order valence-corrected chi connectivity index (χ3v) is 5.22. The lowest BCUT2D eigenvalue weighted by Gasteiger charge is -2.21. The van der Waals surface area contributed by atoms with E-state index >= 15 is 0 Å². The molecule has 0 spiro atoms. The normalized spacial score (nSPS) is 12.0. The first-order valence-corrected chi connectivity index (χ1v) is 9.28. The maximum absolute atomic E-state index is 12.6. The fraction of sp³-hybridized carbons (Fsp3) is 0.278. The van der Waals surface area contributed by atoms with Crippen LogP contribution in [0.15, 0.2) is 47.4 Å².